The monoisotopic (exact) mass is 263 g/mol. The minimum atomic E-state index is -3.36. The topological polar surface area (TPSA) is 105 Å². The lowest BCUT2D eigenvalue weighted by Crippen LogP contribution is -2.44. The number of nitrogens with two attached hydrogens (primary N) is 1. The molecular weight excluding hydrogens is 242 g/mol. The normalized spacial score (nSPS) is 21.4. The molecule has 0 saturated heterocycles. The summed E-state index contributed by atoms with van der Waals surface area (Å²) in [6.45, 7) is 1.55. The minimum Gasteiger partial charge on any atom is -0.409 e. The van der Waals surface area contributed by atoms with Gasteiger partial charge in [-0.2, -0.15) is 0 Å². The van der Waals surface area contributed by atoms with Crippen LogP contribution in [0.25, 0.3) is 0 Å². The molecule has 1 unspecified atom stereocenters. The lowest BCUT2D eigenvalue weighted by Gasteiger charge is -2.22. The van der Waals surface area contributed by atoms with Crippen molar-refractivity contribution in [1.82, 2.24) is 4.72 Å². The largest absolute Gasteiger partial charge is 0.409 e. The van der Waals surface area contributed by atoms with Gasteiger partial charge in [-0.05, 0) is 25.7 Å². The van der Waals surface area contributed by atoms with Crippen molar-refractivity contribution in [2.75, 3.05) is 5.75 Å². The molecule has 1 aliphatic rings. The summed E-state index contributed by atoms with van der Waals surface area (Å²) in [5.41, 5.74) is 5.33. The molecule has 4 N–H and O–H groups in total. The summed E-state index contributed by atoms with van der Waals surface area (Å²) in [4.78, 5) is 0. The summed E-state index contributed by atoms with van der Waals surface area (Å²) in [6, 6.07) is -0.673. The summed E-state index contributed by atoms with van der Waals surface area (Å²) in [7, 11) is -3.36. The highest BCUT2D eigenvalue weighted by atomic mass is 32.2. The third-order valence-electron chi connectivity index (χ3n) is 3.10. The molecule has 100 valence electrons. The van der Waals surface area contributed by atoms with Crippen molar-refractivity contribution in [2.45, 2.75) is 45.1 Å². The number of nitrogens with one attached hydrogen (secondary N) is 1. The second kappa shape index (κ2) is 6.20. The van der Waals surface area contributed by atoms with E-state index in [9.17, 15) is 8.42 Å². The van der Waals surface area contributed by atoms with E-state index in [4.69, 9.17) is 10.9 Å². The van der Waals surface area contributed by atoms with E-state index in [0.29, 0.717) is 0 Å². The Morgan fingerprint density at radius 2 is 2.06 bits per heavy atom. The Kier molecular flexibility index (Phi) is 5.20. The van der Waals surface area contributed by atoms with Gasteiger partial charge in [0.15, 0.2) is 5.84 Å². The van der Waals surface area contributed by atoms with Crippen LogP contribution in [0.1, 0.15) is 39.0 Å². The highest BCUT2D eigenvalue weighted by Crippen LogP contribution is 2.24. The molecule has 0 amide bonds. The second-order valence-electron chi connectivity index (χ2n) is 4.65. The van der Waals surface area contributed by atoms with Gasteiger partial charge in [0.05, 0.1) is 11.8 Å². The SMILES string of the molecule is CC(NS(=O)(=O)CC1CCCCC1)C(N)=NO. The molecular formula is C10H21N3O3S. The third-order valence-corrected chi connectivity index (χ3v) is 4.72. The Morgan fingerprint density at radius 3 is 2.59 bits per heavy atom. The van der Waals surface area contributed by atoms with Gasteiger partial charge < -0.3 is 10.9 Å². The van der Waals surface area contributed by atoms with Crippen LogP contribution in [0.2, 0.25) is 0 Å². The minimum absolute atomic E-state index is 0.128. The van der Waals surface area contributed by atoms with Gasteiger partial charge in [0.25, 0.3) is 0 Å². The molecule has 0 aliphatic heterocycles. The molecule has 1 fully saturated rings. The van der Waals surface area contributed by atoms with Crippen LogP contribution in [0.4, 0.5) is 0 Å². The van der Waals surface area contributed by atoms with Gasteiger partial charge in [-0.3, -0.25) is 0 Å². The van der Waals surface area contributed by atoms with E-state index in [1.54, 1.807) is 6.92 Å². The van der Waals surface area contributed by atoms with E-state index in [-0.39, 0.29) is 17.5 Å². The van der Waals surface area contributed by atoms with Crippen molar-refractivity contribution >= 4 is 15.9 Å². The van der Waals surface area contributed by atoms with Crippen molar-refractivity contribution in [3.05, 3.63) is 0 Å². The maximum absolute atomic E-state index is 11.8. The summed E-state index contributed by atoms with van der Waals surface area (Å²) in [6.07, 6.45) is 5.36. The predicted octanol–water partition coefficient (Wildman–Crippen LogP) is 0.621. The van der Waals surface area contributed by atoms with Gasteiger partial charge in [0.2, 0.25) is 10.0 Å². The van der Waals surface area contributed by atoms with Crippen molar-refractivity contribution < 1.29 is 13.6 Å². The van der Waals surface area contributed by atoms with Gasteiger partial charge in [-0.25, -0.2) is 13.1 Å². The number of rotatable bonds is 5. The van der Waals surface area contributed by atoms with E-state index in [1.807, 2.05) is 0 Å². The first-order chi connectivity index (χ1) is 7.94. The van der Waals surface area contributed by atoms with Gasteiger partial charge in [0.1, 0.15) is 0 Å². The maximum Gasteiger partial charge on any atom is 0.212 e. The van der Waals surface area contributed by atoms with Gasteiger partial charge in [0, 0.05) is 0 Å². The van der Waals surface area contributed by atoms with Crippen LogP contribution in [0, 0.1) is 5.92 Å². The highest BCUT2D eigenvalue weighted by molar-refractivity contribution is 7.89. The molecule has 0 heterocycles. The molecule has 1 rings (SSSR count). The molecule has 0 aromatic carbocycles. The van der Waals surface area contributed by atoms with Crippen LogP contribution in [-0.4, -0.2) is 31.3 Å². The van der Waals surface area contributed by atoms with Crippen molar-refractivity contribution in [1.29, 1.82) is 0 Å². The smallest absolute Gasteiger partial charge is 0.212 e. The average Bonchev–Trinajstić information content (AvgIpc) is 2.27. The van der Waals surface area contributed by atoms with Gasteiger partial charge in [-0.1, -0.05) is 24.4 Å². The molecule has 0 radical (unpaired) electrons. The van der Waals surface area contributed by atoms with E-state index < -0.39 is 16.1 Å². The Hall–Kier alpha value is -0.820. The zero-order chi connectivity index (χ0) is 12.9. The van der Waals surface area contributed by atoms with Crippen LogP contribution < -0.4 is 10.5 Å². The maximum atomic E-state index is 11.8. The Labute approximate surface area is 102 Å². The zero-order valence-electron chi connectivity index (χ0n) is 10.1. The van der Waals surface area contributed by atoms with Gasteiger partial charge >= 0.3 is 0 Å². The van der Waals surface area contributed by atoms with Crippen molar-refractivity contribution in [3.63, 3.8) is 0 Å². The first-order valence-corrected chi connectivity index (χ1v) is 7.57. The molecule has 0 bridgehead atoms. The fourth-order valence-corrected chi connectivity index (χ4v) is 3.84. The van der Waals surface area contributed by atoms with E-state index in [1.165, 1.54) is 6.42 Å². The molecule has 1 atom stereocenters. The number of amidine groups is 1. The third kappa shape index (κ3) is 4.91. The Bertz CT molecular complexity index is 361. The molecule has 6 nitrogen and oxygen atoms in total. The zero-order valence-corrected chi connectivity index (χ0v) is 10.9. The molecule has 1 aliphatic carbocycles. The first kappa shape index (κ1) is 14.2. The van der Waals surface area contributed by atoms with Crippen LogP contribution in [0.15, 0.2) is 5.16 Å². The number of sulfonamides is 1. The summed E-state index contributed by atoms with van der Waals surface area (Å²) < 4.78 is 26.1. The van der Waals surface area contributed by atoms with Crippen LogP contribution in [-0.2, 0) is 10.0 Å². The number of hydrogen-bond acceptors (Lipinski definition) is 4. The number of hydrogen-bond donors (Lipinski definition) is 3. The Morgan fingerprint density at radius 1 is 1.47 bits per heavy atom. The second-order valence-corrected chi connectivity index (χ2v) is 6.45. The average molecular weight is 263 g/mol. The number of oxime groups is 1. The van der Waals surface area contributed by atoms with E-state index >= 15 is 0 Å². The summed E-state index contributed by atoms with van der Waals surface area (Å²) in [5.74, 6) is 0.244. The predicted molar refractivity (Wildman–Crippen MR) is 66.4 cm³/mol. The molecule has 0 aromatic rings. The molecule has 1 saturated carbocycles. The van der Waals surface area contributed by atoms with E-state index in [2.05, 4.69) is 9.88 Å². The standard InChI is InChI=1S/C10H21N3O3S/c1-8(10(11)12-14)13-17(15,16)7-9-5-3-2-4-6-9/h8-9,13-14H,2-7H2,1H3,(H2,11,12). The summed E-state index contributed by atoms with van der Waals surface area (Å²) in [5, 5.41) is 11.2. The fraction of sp³-hybridized carbons (Fsp3) is 0.900. The Balaban J connectivity index is 2.50. The lowest BCUT2D eigenvalue weighted by molar-refractivity contribution is 0.316. The number of nitrogens with zero attached hydrogens (tertiary/aromatic N) is 1. The van der Waals surface area contributed by atoms with Crippen LogP contribution in [0.3, 0.4) is 0 Å². The van der Waals surface area contributed by atoms with Crippen molar-refractivity contribution in [2.24, 2.45) is 16.8 Å². The van der Waals surface area contributed by atoms with Crippen LogP contribution >= 0.6 is 0 Å². The van der Waals surface area contributed by atoms with E-state index in [0.717, 1.165) is 25.7 Å². The van der Waals surface area contributed by atoms with Crippen molar-refractivity contribution in [3.8, 4) is 0 Å². The van der Waals surface area contributed by atoms with Gasteiger partial charge in [-0.15, -0.1) is 0 Å². The van der Waals surface area contributed by atoms with Crippen LogP contribution in [0.5, 0.6) is 0 Å². The summed E-state index contributed by atoms with van der Waals surface area (Å²) >= 11 is 0. The lowest BCUT2D eigenvalue weighted by atomic mass is 9.91. The molecule has 0 spiro atoms. The molecule has 17 heavy (non-hydrogen) atoms. The highest BCUT2D eigenvalue weighted by Gasteiger charge is 2.23. The quantitative estimate of drug-likeness (QED) is 0.293. The molecule has 7 heteroatoms. The first-order valence-electron chi connectivity index (χ1n) is 5.92. The molecule has 0 aromatic heterocycles. The fourth-order valence-electron chi connectivity index (χ4n) is 2.13.